The predicted octanol–water partition coefficient (Wildman–Crippen LogP) is 2.07. The first-order chi connectivity index (χ1) is 9.81. The van der Waals surface area contributed by atoms with Crippen molar-refractivity contribution >= 4 is 33.0 Å². The molecule has 21 heavy (non-hydrogen) atoms. The van der Waals surface area contributed by atoms with Gasteiger partial charge in [0.15, 0.2) is 0 Å². The van der Waals surface area contributed by atoms with Gasteiger partial charge in [-0.05, 0) is 36.6 Å². The molecule has 1 unspecified atom stereocenters. The Kier molecular flexibility index (Phi) is 4.31. The molecule has 112 valence electrons. The van der Waals surface area contributed by atoms with E-state index in [4.69, 9.17) is 10.8 Å². The molecule has 0 saturated carbocycles. The highest BCUT2D eigenvalue weighted by Crippen LogP contribution is 2.24. The number of nitrogen functional groups attached to an aromatic ring is 1. The maximum absolute atomic E-state index is 12.4. The van der Waals surface area contributed by atoms with Crippen molar-refractivity contribution in [3.63, 3.8) is 0 Å². The van der Waals surface area contributed by atoms with Gasteiger partial charge in [0, 0.05) is 10.6 Å². The maximum Gasteiger partial charge on any atom is 0.337 e. The Balaban J connectivity index is 2.40. The lowest BCUT2D eigenvalue weighted by Crippen LogP contribution is -2.28. The SMILES string of the molecule is CC(NS(=O)(=O)c1cc(N)ccc1C(=O)O)c1cccs1. The van der Waals surface area contributed by atoms with Gasteiger partial charge in [0.25, 0.3) is 0 Å². The maximum atomic E-state index is 12.4. The summed E-state index contributed by atoms with van der Waals surface area (Å²) >= 11 is 1.41. The molecule has 4 N–H and O–H groups in total. The van der Waals surface area contributed by atoms with Gasteiger partial charge in [-0.3, -0.25) is 0 Å². The molecule has 0 saturated heterocycles. The summed E-state index contributed by atoms with van der Waals surface area (Å²) in [5.74, 6) is -1.32. The molecular formula is C13H14N2O4S2. The molecule has 0 aliphatic heterocycles. The first kappa shape index (κ1) is 15.5. The zero-order valence-corrected chi connectivity index (χ0v) is 12.7. The third kappa shape index (κ3) is 3.41. The van der Waals surface area contributed by atoms with Crippen LogP contribution in [0.3, 0.4) is 0 Å². The fourth-order valence-electron chi connectivity index (χ4n) is 1.83. The van der Waals surface area contributed by atoms with Gasteiger partial charge >= 0.3 is 5.97 Å². The van der Waals surface area contributed by atoms with E-state index in [1.54, 1.807) is 13.0 Å². The van der Waals surface area contributed by atoms with Crippen LogP contribution in [0.4, 0.5) is 5.69 Å². The summed E-state index contributed by atoms with van der Waals surface area (Å²) in [5.41, 5.74) is 5.44. The normalized spacial score (nSPS) is 13.0. The van der Waals surface area contributed by atoms with Crippen molar-refractivity contribution in [3.8, 4) is 0 Å². The number of hydrogen-bond donors (Lipinski definition) is 3. The molecular weight excluding hydrogens is 312 g/mol. The quantitative estimate of drug-likeness (QED) is 0.729. The molecule has 0 bridgehead atoms. The number of aromatic carboxylic acids is 1. The smallest absolute Gasteiger partial charge is 0.337 e. The summed E-state index contributed by atoms with van der Waals surface area (Å²) in [7, 11) is -3.99. The molecule has 1 atom stereocenters. The van der Waals surface area contributed by atoms with Crippen LogP contribution in [0.25, 0.3) is 0 Å². The standard InChI is InChI=1S/C13H14N2O4S2/c1-8(11-3-2-6-20-11)15-21(18,19)12-7-9(14)4-5-10(12)13(16)17/h2-8,15H,14H2,1H3,(H,16,17). The first-order valence-electron chi connectivity index (χ1n) is 6.00. The second-order valence-electron chi connectivity index (χ2n) is 4.42. The lowest BCUT2D eigenvalue weighted by Gasteiger charge is -2.14. The highest BCUT2D eigenvalue weighted by molar-refractivity contribution is 7.89. The van der Waals surface area contributed by atoms with E-state index in [2.05, 4.69) is 4.72 Å². The second-order valence-corrected chi connectivity index (χ2v) is 7.08. The van der Waals surface area contributed by atoms with Crippen molar-refractivity contribution in [1.82, 2.24) is 4.72 Å². The van der Waals surface area contributed by atoms with Crippen LogP contribution in [0, 0.1) is 0 Å². The summed E-state index contributed by atoms with van der Waals surface area (Å²) in [6.45, 7) is 1.69. The predicted molar refractivity (Wildman–Crippen MR) is 80.9 cm³/mol. The van der Waals surface area contributed by atoms with Crippen LogP contribution in [-0.2, 0) is 10.0 Å². The highest BCUT2D eigenvalue weighted by Gasteiger charge is 2.25. The van der Waals surface area contributed by atoms with Crippen LogP contribution in [0.1, 0.15) is 28.2 Å². The number of hydrogen-bond acceptors (Lipinski definition) is 5. The molecule has 0 aliphatic carbocycles. The zero-order valence-electron chi connectivity index (χ0n) is 11.1. The van der Waals surface area contributed by atoms with Gasteiger partial charge in [-0.15, -0.1) is 11.3 Å². The Bertz CT molecular complexity index is 754. The highest BCUT2D eigenvalue weighted by atomic mass is 32.2. The van der Waals surface area contributed by atoms with Crippen LogP contribution in [0.5, 0.6) is 0 Å². The second kappa shape index (κ2) is 5.84. The number of nitrogens with two attached hydrogens (primary N) is 1. The van der Waals surface area contributed by atoms with Gasteiger partial charge in [-0.2, -0.15) is 0 Å². The lowest BCUT2D eigenvalue weighted by atomic mass is 10.2. The number of sulfonamides is 1. The van der Waals surface area contributed by atoms with Crippen LogP contribution in [-0.4, -0.2) is 19.5 Å². The molecule has 0 radical (unpaired) electrons. The van der Waals surface area contributed by atoms with E-state index in [9.17, 15) is 13.2 Å². The molecule has 2 rings (SSSR count). The third-order valence-electron chi connectivity index (χ3n) is 2.83. The summed E-state index contributed by atoms with van der Waals surface area (Å²) in [6.07, 6.45) is 0. The van der Waals surface area contributed by atoms with E-state index in [0.717, 1.165) is 10.9 Å². The largest absolute Gasteiger partial charge is 0.478 e. The number of benzene rings is 1. The zero-order chi connectivity index (χ0) is 15.6. The van der Waals surface area contributed by atoms with Gasteiger partial charge in [0.1, 0.15) is 0 Å². The summed E-state index contributed by atoms with van der Waals surface area (Å²) in [6, 6.07) is 6.83. The number of anilines is 1. The molecule has 2 aromatic rings. The number of nitrogens with one attached hydrogen (secondary N) is 1. The van der Waals surface area contributed by atoms with Crippen LogP contribution in [0.2, 0.25) is 0 Å². The van der Waals surface area contributed by atoms with Gasteiger partial charge < -0.3 is 10.8 Å². The summed E-state index contributed by atoms with van der Waals surface area (Å²) in [4.78, 5) is 11.7. The van der Waals surface area contributed by atoms with Crippen molar-refractivity contribution in [2.75, 3.05) is 5.73 Å². The fraction of sp³-hybridized carbons (Fsp3) is 0.154. The monoisotopic (exact) mass is 326 g/mol. The van der Waals surface area contributed by atoms with Crippen LogP contribution in [0.15, 0.2) is 40.6 Å². The average molecular weight is 326 g/mol. The topological polar surface area (TPSA) is 109 Å². The van der Waals surface area contributed by atoms with Crippen molar-refractivity contribution in [2.24, 2.45) is 0 Å². The van der Waals surface area contributed by atoms with Crippen LogP contribution >= 0.6 is 11.3 Å². The summed E-state index contributed by atoms with van der Waals surface area (Å²) < 4.78 is 27.2. The van der Waals surface area contributed by atoms with Crippen molar-refractivity contribution < 1.29 is 18.3 Å². The fourth-order valence-corrected chi connectivity index (χ4v) is 4.09. The molecule has 1 aromatic carbocycles. The van der Waals surface area contributed by atoms with Gasteiger partial charge in [-0.1, -0.05) is 6.07 Å². The number of thiophene rings is 1. The molecule has 0 fully saturated rings. The Hall–Kier alpha value is -1.90. The van der Waals surface area contributed by atoms with Crippen molar-refractivity contribution in [1.29, 1.82) is 0 Å². The Morgan fingerprint density at radius 2 is 2.10 bits per heavy atom. The van der Waals surface area contributed by atoms with Gasteiger partial charge in [0.05, 0.1) is 16.5 Å². The number of carbonyl (C=O) groups is 1. The molecule has 1 heterocycles. The minimum atomic E-state index is -3.99. The van der Waals surface area contributed by atoms with Gasteiger partial charge in [0.2, 0.25) is 10.0 Å². The van der Waals surface area contributed by atoms with E-state index in [0.29, 0.717) is 0 Å². The van der Waals surface area contributed by atoms with E-state index in [1.165, 1.54) is 23.5 Å². The first-order valence-corrected chi connectivity index (χ1v) is 8.36. The summed E-state index contributed by atoms with van der Waals surface area (Å²) in [5, 5.41) is 10.9. The molecule has 1 aromatic heterocycles. The van der Waals surface area contributed by atoms with Gasteiger partial charge in [-0.25, -0.2) is 17.9 Å². The van der Waals surface area contributed by atoms with E-state index < -0.39 is 22.0 Å². The van der Waals surface area contributed by atoms with Crippen molar-refractivity contribution in [2.45, 2.75) is 17.9 Å². The average Bonchev–Trinajstić information content (AvgIpc) is 2.91. The molecule has 0 amide bonds. The lowest BCUT2D eigenvalue weighted by molar-refractivity contribution is 0.0692. The number of carboxylic acids is 1. The molecule has 8 heteroatoms. The number of carboxylic acid groups (broad SMARTS) is 1. The molecule has 6 nitrogen and oxygen atoms in total. The van der Waals surface area contributed by atoms with Crippen molar-refractivity contribution in [3.05, 3.63) is 46.2 Å². The van der Waals surface area contributed by atoms with E-state index in [-0.39, 0.29) is 16.1 Å². The minimum absolute atomic E-state index is 0.184. The number of rotatable bonds is 5. The van der Waals surface area contributed by atoms with E-state index >= 15 is 0 Å². The molecule has 0 spiro atoms. The Morgan fingerprint density at radius 1 is 1.38 bits per heavy atom. The molecule has 0 aliphatic rings. The Morgan fingerprint density at radius 3 is 2.67 bits per heavy atom. The minimum Gasteiger partial charge on any atom is -0.478 e. The Labute approximate surface area is 126 Å². The van der Waals surface area contributed by atoms with E-state index in [1.807, 2.05) is 11.4 Å². The van der Waals surface area contributed by atoms with Crippen LogP contribution < -0.4 is 10.5 Å². The third-order valence-corrected chi connectivity index (χ3v) is 5.46.